The van der Waals surface area contributed by atoms with Crippen LogP contribution in [-0.4, -0.2) is 54.8 Å². The summed E-state index contributed by atoms with van der Waals surface area (Å²) < 4.78 is 14.9. The topological polar surface area (TPSA) is 81.8 Å². The maximum atomic E-state index is 14.9. The zero-order chi connectivity index (χ0) is 25.5. The highest BCUT2D eigenvalue weighted by molar-refractivity contribution is 6.01. The third-order valence-corrected chi connectivity index (χ3v) is 7.11. The first-order chi connectivity index (χ1) is 16.7. The number of piperidine rings is 2. The van der Waals surface area contributed by atoms with Gasteiger partial charge in [0.2, 0.25) is 17.7 Å². The highest BCUT2D eigenvalue weighted by Gasteiger charge is 2.28. The molecule has 2 N–H and O–H groups in total. The zero-order valence-electron chi connectivity index (χ0n) is 21.6. The van der Waals surface area contributed by atoms with Crippen molar-refractivity contribution in [1.82, 2.24) is 10.2 Å². The first-order valence-electron chi connectivity index (χ1n) is 13.1. The summed E-state index contributed by atoms with van der Waals surface area (Å²) in [4.78, 5) is 40.4. The van der Waals surface area contributed by atoms with Crippen LogP contribution in [0.15, 0.2) is 18.2 Å². The highest BCUT2D eigenvalue weighted by atomic mass is 19.1. The average Bonchev–Trinajstić information content (AvgIpc) is 2.81. The standard InChI is InChI=1S/C27H41FN4O3/c1-5-19(4)17-32(16-18(2)3)26(34)14-20-10-12-31(13-11-20)24-8-6-21(15-22(24)28)29-23-7-9-25(33)30-27(23)35/h6,8,15,18-20,23,29H,5,7,9-14,16-17H2,1-4H3,(H,30,33,35). The van der Waals surface area contributed by atoms with Crippen LogP contribution in [0.3, 0.4) is 0 Å². The molecule has 2 aliphatic heterocycles. The monoisotopic (exact) mass is 488 g/mol. The molecule has 194 valence electrons. The Morgan fingerprint density at radius 3 is 2.49 bits per heavy atom. The predicted octanol–water partition coefficient (Wildman–Crippen LogP) is 4.18. The van der Waals surface area contributed by atoms with E-state index >= 15 is 0 Å². The molecule has 0 aliphatic carbocycles. The molecule has 0 bridgehead atoms. The van der Waals surface area contributed by atoms with Crippen LogP contribution in [-0.2, 0) is 14.4 Å². The van der Waals surface area contributed by atoms with Crippen LogP contribution in [0.5, 0.6) is 0 Å². The van der Waals surface area contributed by atoms with E-state index in [0.717, 1.165) is 32.4 Å². The van der Waals surface area contributed by atoms with Crippen LogP contribution in [0.1, 0.15) is 66.2 Å². The van der Waals surface area contributed by atoms with E-state index < -0.39 is 6.04 Å². The number of nitrogens with zero attached hydrogens (tertiary/aromatic N) is 2. The summed E-state index contributed by atoms with van der Waals surface area (Å²) in [5.41, 5.74) is 1.06. The summed E-state index contributed by atoms with van der Waals surface area (Å²) in [6.45, 7) is 11.7. The minimum atomic E-state index is -0.540. The SMILES string of the molecule is CCC(C)CN(CC(C)C)C(=O)CC1CCN(c2ccc(NC3CCC(=O)NC3=O)cc2F)CC1. The Kier molecular flexibility index (Phi) is 9.52. The van der Waals surface area contributed by atoms with Crippen LogP contribution >= 0.6 is 0 Å². The number of halogens is 1. The molecule has 2 atom stereocenters. The number of hydrogen-bond acceptors (Lipinski definition) is 5. The Balaban J connectivity index is 1.53. The number of imide groups is 1. The fraction of sp³-hybridized carbons (Fsp3) is 0.667. The van der Waals surface area contributed by atoms with E-state index in [0.29, 0.717) is 55.1 Å². The quantitative estimate of drug-likeness (QED) is 0.483. The number of carbonyl (C=O) groups is 3. The van der Waals surface area contributed by atoms with Crippen LogP contribution in [0.4, 0.5) is 15.8 Å². The molecule has 0 aromatic heterocycles. The van der Waals surface area contributed by atoms with Crippen molar-refractivity contribution in [2.24, 2.45) is 17.8 Å². The van der Waals surface area contributed by atoms with Gasteiger partial charge >= 0.3 is 0 Å². The second-order valence-corrected chi connectivity index (χ2v) is 10.7. The molecule has 3 rings (SSSR count). The van der Waals surface area contributed by atoms with Crippen molar-refractivity contribution in [1.29, 1.82) is 0 Å². The lowest BCUT2D eigenvalue weighted by Crippen LogP contribution is -2.47. The Hall–Kier alpha value is -2.64. The molecule has 2 unspecified atom stereocenters. The van der Waals surface area contributed by atoms with Gasteiger partial charge in [0.15, 0.2) is 0 Å². The first-order valence-corrected chi connectivity index (χ1v) is 13.1. The van der Waals surface area contributed by atoms with Gasteiger partial charge in [-0.15, -0.1) is 0 Å². The predicted molar refractivity (Wildman–Crippen MR) is 137 cm³/mol. The zero-order valence-corrected chi connectivity index (χ0v) is 21.6. The number of amides is 3. The summed E-state index contributed by atoms with van der Waals surface area (Å²) in [5.74, 6) is 0.513. The van der Waals surface area contributed by atoms with Gasteiger partial charge in [-0.3, -0.25) is 19.7 Å². The van der Waals surface area contributed by atoms with Gasteiger partial charge in [0, 0.05) is 44.7 Å². The Morgan fingerprint density at radius 2 is 1.89 bits per heavy atom. The Bertz CT molecular complexity index is 898. The van der Waals surface area contributed by atoms with E-state index in [-0.39, 0.29) is 30.0 Å². The summed E-state index contributed by atoms with van der Waals surface area (Å²) in [5, 5.41) is 5.33. The minimum absolute atomic E-state index is 0.243. The van der Waals surface area contributed by atoms with E-state index in [1.807, 2.05) is 9.80 Å². The molecule has 0 spiro atoms. The second kappa shape index (κ2) is 12.4. The van der Waals surface area contributed by atoms with Crippen LogP contribution in [0.25, 0.3) is 0 Å². The van der Waals surface area contributed by atoms with Gasteiger partial charge in [-0.05, 0) is 55.2 Å². The Morgan fingerprint density at radius 1 is 1.17 bits per heavy atom. The number of carbonyl (C=O) groups excluding carboxylic acids is 3. The maximum absolute atomic E-state index is 14.9. The van der Waals surface area contributed by atoms with Crippen LogP contribution in [0.2, 0.25) is 0 Å². The largest absolute Gasteiger partial charge is 0.374 e. The van der Waals surface area contributed by atoms with Crippen LogP contribution < -0.4 is 15.5 Å². The lowest BCUT2D eigenvalue weighted by molar-refractivity contribution is -0.134. The lowest BCUT2D eigenvalue weighted by atomic mass is 9.92. The summed E-state index contributed by atoms with van der Waals surface area (Å²) >= 11 is 0. The molecule has 8 heteroatoms. The van der Waals surface area contributed by atoms with Crippen molar-refractivity contribution in [2.45, 2.75) is 72.3 Å². The molecule has 3 amide bonds. The highest BCUT2D eigenvalue weighted by Crippen LogP contribution is 2.30. The fourth-order valence-electron chi connectivity index (χ4n) is 4.86. The van der Waals surface area contributed by atoms with Crippen molar-refractivity contribution >= 4 is 29.1 Å². The van der Waals surface area contributed by atoms with Gasteiger partial charge in [0.1, 0.15) is 11.9 Å². The molecule has 2 saturated heterocycles. The second-order valence-electron chi connectivity index (χ2n) is 10.7. The van der Waals surface area contributed by atoms with Gasteiger partial charge in [-0.25, -0.2) is 4.39 Å². The van der Waals surface area contributed by atoms with Gasteiger partial charge < -0.3 is 15.1 Å². The number of rotatable bonds is 10. The molecule has 2 heterocycles. The number of nitrogens with one attached hydrogen (secondary N) is 2. The molecule has 7 nitrogen and oxygen atoms in total. The summed E-state index contributed by atoms with van der Waals surface area (Å²) in [6.07, 6.45) is 4.02. The van der Waals surface area contributed by atoms with Gasteiger partial charge in [0.05, 0.1) is 5.69 Å². The third kappa shape index (κ3) is 7.67. The lowest BCUT2D eigenvalue weighted by Gasteiger charge is -2.35. The molecular formula is C27H41FN4O3. The summed E-state index contributed by atoms with van der Waals surface area (Å²) in [6, 6.07) is 4.39. The smallest absolute Gasteiger partial charge is 0.249 e. The van der Waals surface area contributed by atoms with E-state index in [2.05, 4.69) is 38.3 Å². The van der Waals surface area contributed by atoms with Gasteiger partial charge in [-0.2, -0.15) is 0 Å². The molecule has 35 heavy (non-hydrogen) atoms. The van der Waals surface area contributed by atoms with E-state index in [9.17, 15) is 18.8 Å². The van der Waals surface area contributed by atoms with Crippen molar-refractivity contribution < 1.29 is 18.8 Å². The van der Waals surface area contributed by atoms with E-state index in [4.69, 9.17) is 0 Å². The number of hydrogen-bond donors (Lipinski definition) is 2. The van der Waals surface area contributed by atoms with Gasteiger partial charge in [-0.1, -0.05) is 34.1 Å². The van der Waals surface area contributed by atoms with Crippen molar-refractivity contribution in [3.05, 3.63) is 24.0 Å². The molecule has 1 aromatic rings. The molecule has 2 aliphatic rings. The normalized spacial score (nSPS) is 20.1. The number of benzene rings is 1. The van der Waals surface area contributed by atoms with Gasteiger partial charge in [0.25, 0.3) is 0 Å². The molecule has 1 aromatic carbocycles. The first kappa shape index (κ1) is 27.0. The maximum Gasteiger partial charge on any atom is 0.249 e. The summed E-state index contributed by atoms with van der Waals surface area (Å²) in [7, 11) is 0. The molecule has 2 fully saturated rings. The van der Waals surface area contributed by atoms with Crippen molar-refractivity contribution in [3.63, 3.8) is 0 Å². The molecular weight excluding hydrogens is 447 g/mol. The average molecular weight is 489 g/mol. The number of anilines is 2. The Labute approximate surface area is 208 Å². The van der Waals surface area contributed by atoms with E-state index in [1.54, 1.807) is 12.1 Å². The van der Waals surface area contributed by atoms with E-state index in [1.165, 1.54) is 6.07 Å². The molecule has 0 saturated carbocycles. The minimum Gasteiger partial charge on any atom is -0.374 e. The van der Waals surface area contributed by atoms with Crippen LogP contribution in [0, 0.1) is 23.6 Å². The van der Waals surface area contributed by atoms with Crippen molar-refractivity contribution in [2.75, 3.05) is 36.4 Å². The fourth-order valence-corrected chi connectivity index (χ4v) is 4.86. The van der Waals surface area contributed by atoms with Crippen molar-refractivity contribution in [3.8, 4) is 0 Å². The third-order valence-electron chi connectivity index (χ3n) is 7.11. The molecule has 0 radical (unpaired) electrons.